The Kier molecular flexibility index (Phi) is 5.67. The molecule has 0 radical (unpaired) electrons. The number of nitrogens with one attached hydrogen (secondary N) is 1. The lowest BCUT2D eigenvalue weighted by atomic mass is 10.1. The molecule has 3 N–H and O–H groups in total. The van der Waals surface area contributed by atoms with Crippen LogP contribution in [0.1, 0.15) is 25.7 Å². The van der Waals surface area contributed by atoms with Crippen molar-refractivity contribution in [1.29, 1.82) is 0 Å². The van der Waals surface area contributed by atoms with E-state index in [1.165, 1.54) is 0 Å². The van der Waals surface area contributed by atoms with E-state index < -0.39 is 46.4 Å². The van der Waals surface area contributed by atoms with Crippen LogP contribution in [0.4, 0.5) is 0 Å². The number of carboxylic acid groups (broad SMARTS) is 2. The van der Waals surface area contributed by atoms with Gasteiger partial charge in [-0.15, -0.1) is 0 Å². The van der Waals surface area contributed by atoms with Crippen LogP contribution in [-0.2, 0) is 24.4 Å². The van der Waals surface area contributed by atoms with Crippen LogP contribution in [0.3, 0.4) is 0 Å². The Morgan fingerprint density at radius 3 is 2.43 bits per heavy atom. The zero-order valence-corrected chi connectivity index (χ0v) is 12.3. The van der Waals surface area contributed by atoms with Gasteiger partial charge in [-0.05, 0) is 19.3 Å². The van der Waals surface area contributed by atoms with Gasteiger partial charge in [0, 0.05) is 13.0 Å². The van der Waals surface area contributed by atoms with E-state index in [-0.39, 0.29) is 13.0 Å². The average molecular weight is 322 g/mol. The highest BCUT2D eigenvalue weighted by atomic mass is 32.2. The molecule has 1 saturated heterocycles. The lowest BCUT2D eigenvalue weighted by molar-refractivity contribution is -0.143. The van der Waals surface area contributed by atoms with Gasteiger partial charge >= 0.3 is 11.9 Å². The molecule has 0 aliphatic carbocycles. The summed E-state index contributed by atoms with van der Waals surface area (Å²) >= 11 is 0. The second-order valence-electron chi connectivity index (χ2n) is 4.86. The molecular formula is C11H18N2O7S. The first-order valence-electron chi connectivity index (χ1n) is 6.34. The molecular weight excluding hydrogens is 304 g/mol. The van der Waals surface area contributed by atoms with Crippen LogP contribution in [0.15, 0.2) is 0 Å². The molecule has 0 aromatic rings. The Bertz CT molecular complexity index is 531. The topological polar surface area (TPSA) is 141 Å². The highest BCUT2D eigenvalue weighted by Crippen LogP contribution is 2.20. The zero-order chi connectivity index (χ0) is 16.2. The molecule has 1 unspecified atom stereocenters. The van der Waals surface area contributed by atoms with E-state index in [2.05, 4.69) is 5.32 Å². The van der Waals surface area contributed by atoms with Crippen molar-refractivity contribution in [1.82, 2.24) is 9.62 Å². The van der Waals surface area contributed by atoms with Crippen molar-refractivity contribution >= 4 is 27.9 Å². The fourth-order valence-corrected chi connectivity index (χ4v) is 3.32. The van der Waals surface area contributed by atoms with E-state index in [4.69, 9.17) is 10.2 Å². The maximum absolute atomic E-state index is 12.0. The fourth-order valence-electron chi connectivity index (χ4n) is 2.19. The minimum atomic E-state index is -3.55. The number of aliphatic carboxylic acids is 2. The van der Waals surface area contributed by atoms with Gasteiger partial charge in [0.1, 0.15) is 12.1 Å². The smallest absolute Gasteiger partial charge is 0.326 e. The van der Waals surface area contributed by atoms with Crippen LogP contribution in [0, 0.1) is 0 Å². The fraction of sp³-hybridized carbons (Fsp3) is 0.727. The predicted octanol–water partition coefficient (Wildman–Crippen LogP) is -1.16. The summed E-state index contributed by atoms with van der Waals surface area (Å²) in [6, 6.07) is -2.29. The largest absolute Gasteiger partial charge is 0.481 e. The lowest BCUT2D eigenvalue weighted by Gasteiger charge is -2.23. The Balaban J connectivity index is 2.73. The molecule has 1 fully saturated rings. The first-order chi connectivity index (χ1) is 9.62. The molecule has 2 atom stereocenters. The minimum Gasteiger partial charge on any atom is -0.481 e. The van der Waals surface area contributed by atoms with Gasteiger partial charge in [-0.3, -0.25) is 9.59 Å². The molecule has 0 saturated carbocycles. The monoisotopic (exact) mass is 322 g/mol. The van der Waals surface area contributed by atoms with Gasteiger partial charge in [0.2, 0.25) is 15.9 Å². The second-order valence-corrected chi connectivity index (χ2v) is 6.80. The third-order valence-electron chi connectivity index (χ3n) is 3.19. The van der Waals surface area contributed by atoms with E-state index in [0.29, 0.717) is 12.8 Å². The molecule has 0 aromatic carbocycles. The molecule has 1 aliphatic heterocycles. The van der Waals surface area contributed by atoms with Crippen molar-refractivity contribution in [2.24, 2.45) is 0 Å². The summed E-state index contributed by atoms with van der Waals surface area (Å²) < 4.78 is 24.1. The van der Waals surface area contributed by atoms with E-state index in [1.54, 1.807) is 0 Å². The molecule has 9 nitrogen and oxygen atoms in total. The number of hydrogen-bond acceptors (Lipinski definition) is 5. The van der Waals surface area contributed by atoms with Crippen molar-refractivity contribution in [3.63, 3.8) is 0 Å². The van der Waals surface area contributed by atoms with E-state index in [9.17, 15) is 22.8 Å². The van der Waals surface area contributed by atoms with Gasteiger partial charge < -0.3 is 15.5 Å². The quantitative estimate of drug-likeness (QED) is 0.537. The Morgan fingerprint density at radius 2 is 1.95 bits per heavy atom. The van der Waals surface area contributed by atoms with Crippen molar-refractivity contribution < 1.29 is 33.0 Å². The van der Waals surface area contributed by atoms with Crippen LogP contribution < -0.4 is 5.32 Å². The highest BCUT2D eigenvalue weighted by Gasteiger charge is 2.37. The molecule has 1 rings (SSSR count). The third-order valence-corrected chi connectivity index (χ3v) is 4.48. The molecule has 1 aliphatic rings. The van der Waals surface area contributed by atoms with Crippen molar-refractivity contribution in [2.45, 2.75) is 37.8 Å². The van der Waals surface area contributed by atoms with Crippen LogP contribution in [0.25, 0.3) is 0 Å². The van der Waals surface area contributed by atoms with Gasteiger partial charge in [0.15, 0.2) is 0 Å². The Morgan fingerprint density at radius 1 is 1.33 bits per heavy atom. The molecule has 1 amide bonds. The summed E-state index contributed by atoms with van der Waals surface area (Å²) in [5.41, 5.74) is 0. The molecule has 1 heterocycles. The summed E-state index contributed by atoms with van der Waals surface area (Å²) in [7, 11) is -3.55. The zero-order valence-electron chi connectivity index (χ0n) is 11.5. The van der Waals surface area contributed by atoms with E-state index >= 15 is 0 Å². The maximum Gasteiger partial charge on any atom is 0.326 e. The number of sulfonamides is 1. The van der Waals surface area contributed by atoms with Crippen LogP contribution in [-0.4, -0.2) is 65.7 Å². The number of carboxylic acids is 2. The summed E-state index contributed by atoms with van der Waals surface area (Å²) in [6.07, 6.45) is 1.14. The summed E-state index contributed by atoms with van der Waals surface area (Å²) in [6.45, 7) is 0.212. The molecule has 10 heteroatoms. The van der Waals surface area contributed by atoms with Gasteiger partial charge in [-0.1, -0.05) is 0 Å². The standard InChI is InChI=1S/C11H18N2O7S/c1-21(19,20)13-6-2-3-8(13)10(16)12-7(11(17)18)4-5-9(14)15/h7-8H,2-6H2,1H3,(H,12,16)(H,14,15)(H,17,18)/t7-,8?/m0/s1. The van der Waals surface area contributed by atoms with Gasteiger partial charge in [0.05, 0.1) is 6.26 Å². The van der Waals surface area contributed by atoms with Gasteiger partial charge in [0.25, 0.3) is 0 Å². The number of hydrogen-bond donors (Lipinski definition) is 3. The summed E-state index contributed by atoms with van der Waals surface area (Å²) in [5, 5.41) is 19.7. The van der Waals surface area contributed by atoms with Crippen molar-refractivity contribution in [2.75, 3.05) is 12.8 Å². The Hall–Kier alpha value is -1.68. The van der Waals surface area contributed by atoms with Crippen LogP contribution >= 0.6 is 0 Å². The normalized spacial score (nSPS) is 20.9. The minimum absolute atomic E-state index is 0.212. The number of carbonyl (C=O) groups excluding carboxylic acids is 1. The first kappa shape index (κ1) is 17.4. The molecule has 120 valence electrons. The summed E-state index contributed by atoms with van der Waals surface area (Å²) in [5.74, 6) is -3.24. The first-order valence-corrected chi connectivity index (χ1v) is 8.19. The molecule has 21 heavy (non-hydrogen) atoms. The predicted molar refractivity (Wildman–Crippen MR) is 71.0 cm³/mol. The third kappa shape index (κ3) is 4.97. The van der Waals surface area contributed by atoms with Gasteiger partial charge in [-0.25, -0.2) is 13.2 Å². The number of carbonyl (C=O) groups is 3. The second kappa shape index (κ2) is 6.85. The highest BCUT2D eigenvalue weighted by molar-refractivity contribution is 7.88. The maximum atomic E-state index is 12.0. The number of rotatable bonds is 7. The number of amides is 1. The van der Waals surface area contributed by atoms with Gasteiger partial charge in [-0.2, -0.15) is 4.31 Å². The molecule has 0 spiro atoms. The van der Waals surface area contributed by atoms with Crippen molar-refractivity contribution in [3.05, 3.63) is 0 Å². The van der Waals surface area contributed by atoms with Crippen molar-refractivity contribution in [3.8, 4) is 0 Å². The van der Waals surface area contributed by atoms with E-state index in [0.717, 1.165) is 10.6 Å². The summed E-state index contributed by atoms with van der Waals surface area (Å²) in [4.78, 5) is 33.5. The van der Waals surface area contributed by atoms with E-state index in [1.807, 2.05) is 0 Å². The van der Waals surface area contributed by atoms with Crippen LogP contribution in [0.2, 0.25) is 0 Å². The van der Waals surface area contributed by atoms with Crippen LogP contribution in [0.5, 0.6) is 0 Å². The number of nitrogens with zero attached hydrogens (tertiary/aromatic N) is 1. The SMILES string of the molecule is CS(=O)(=O)N1CCCC1C(=O)N[C@@H](CCC(=O)O)C(=O)O. The Labute approximate surface area is 122 Å². The average Bonchev–Trinajstić information content (AvgIpc) is 2.82. The lowest BCUT2D eigenvalue weighted by Crippen LogP contribution is -2.50. The molecule has 0 bridgehead atoms. The molecule has 0 aromatic heterocycles.